The van der Waals surface area contributed by atoms with Gasteiger partial charge in [-0.05, 0) is 30.7 Å². The molecule has 0 aliphatic rings. The lowest BCUT2D eigenvalue weighted by Crippen LogP contribution is -2.38. The van der Waals surface area contributed by atoms with E-state index in [0.717, 1.165) is 0 Å². The number of amides is 3. The average molecular weight is 525 g/mol. The van der Waals surface area contributed by atoms with Gasteiger partial charge in [-0.15, -0.1) is 0 Å². The number of hydrogen-bond donors (Lipinski definition) is 6. The Labute approximate surface area is 216 Å². The van der Waals surface area contributed by atoms with Crippen LogP contribution >= 0.6 is 0 Å². The van der Waals surface area contributed by atoms with Gasteiger partial charge in [0.1, 0.15) is 6.29 Å². The molecule has 0 aliphatic carbocycles. The molecule has 6 N–H and O–H groups in total. The van der Waals surface area contributed by atoms with E-state index in [2.05, 4.69) is 41.2 Å². The number of H-pyrrole nitrogens is 1. The van der Waals surface area contributed by atoms with Crippen LogP contribution in [0.5, 0.6) is 0 Å². The number of aldehydes is 1. The number of aromatic amines is 1. The van der Waals surface area contributed by atoms with E-state index >= 15 is 0 Å². The second-order valence-electron chi connectivity index (χ2n) is 8.12. The van der Waals surface area contributed by atoms with Crippen molar-refractivity contribution in [1.82, 2.24) is 35.9 Å². The molecule has 1 aromatic carbocycles. The smallest absolute Gasteiger partial charge is 0.278 e. The van der Waals surface area contributed by atoms with Crippen LogP contribution in [0.2, 0.25) is 0 Å². The van der Waals surface area contributed by atoms with Gasteiger partial charge >= 0.3 is 0 Å². The summed E-state index contributed by atoms with van der Waals surface area (Å²) in [5.41, 5.74) is 1.57. The zero-order valence-electron chi connectivity index (χ0n) is 20.4. The van der Waals surface area contributed by atoms with E-state index in [4.69, 9.17) is 5.11 Å². The van der Waals surface area contributed by atoms with E-state index < -0.39 is 11.9 Å². The molecule has 3 amide bonds. The minimum Gasteiger partial charge on any atom is -0.396 e. The molecule has 2 heterocycles. The summed E-state index contributed by atoms with van der Waals surface area (Å²) in [6, 6.07) is 5.68. The number of anilines is 1. The topological polar surface area (TPSA) is 208 Å². The molecule has 1 atom stereocenters. The Bertz CT molecular complexity index is 1330. The van der Waals surface area contributed by atoms with Gasteiger partial charge in [0, 0.05) is 37.2 Å². The van der Waals surface area contributed by atoms with Crippen molar-refractivity contribution in [2.24, 2.45) is 0 Å². The number of hydrogen-bond acceptors (Lipinski definition) is 10. The van der Waals surface area contributed by atoms with E-state index in [1.165, 1.54) is 12.5 Å². The number of aliphatic hydroxyl groups excluding tert-OH is 1. The number of aliphatic hydroxyl groups is 1. The fourth-order valence-corrected chi connectivity index (χ4v) is 3.30. The van der Waals surface area contributed by atoms with Crippen molar-refractivity contribution < 1.29 is 24.3 Å². The van der Waals surface area contributed by atoms with Crippen molar-refractivity contribution in [1.29, 1.82) is 0 Å². The Balaban J connectivity index is 1.42. The minimum absolute atomic E-state index is 0.00420. The van der Waals surface area contributed by atoms with Gasteiger partial charge in [-0.25, -0.2) is 15.0 Å². The van der Waals surface area contributed by atoms with Crippen LogP contribution < -0.4 is 26.8 Å². The second kappa shape index (κ2) is 14.1. The van der Waals surface area contributed by atoms with Crippen LogP contribution in [0.25, 0.3) is 11.2 Å². The van der Waals surface area contributed by atoms with Gasteiger partial charge in [0.2, 0.25) is 11.8 Å². The molecule has 0 aliphatic heterocycles. The van der Waals surface area contributed by atoms with E-state index in [1.807, 2.05) is 0 Å². The molecule has 14 heteroatoms. The molecular weight excluding hydrogens is 496 g/mol. The van der Waals surface area contributed by atoms with Crippen molar-refractivity contribution in [3.63, 3.8) is 0 Å². The first kappa shape index (κ1) is 27.9. The number of benzene rings is 1. The van der Waals surface area contributed by atoms with Crippen molar-refractivity contribution >= 4 is 40.9 Å². The summed E-state index contributed by atoms with van der Waals surface area (Å²) < 4.78 is 0. The van der Waals surface area contributed by atoms with Crippen LogP contribution in [-0.2, 0) is 20.9 Å². The van der Waals surface area contributed by atoms with Crippen molar-refractivity contribution in [3.05, 3.63) is 58.4 Å². The summed E-state index contributed by atoms with van der Waals surface area (Å²) in [6.07, 6.45) is 3.47. The number of carbonyl (C=O) groups excluding carboxylic acids is 4. The summed E-state index contributed by atoms with van der Waals surface area (Å²) in [5.74, 6) is -1.10. The lowest BCUT2D eigenvalue weighted by molar-refractivity contribution is -0.123. The molecule has 0 saturated heterocycles. The van der Waals surface area contributed by atoms with Crippen molar-refractivity contribution in [2.75, 3.05) is 25.0 Å². The van der Waals surface area contributed by atoms with Gasteiger partial charge in [-0.3, -0.25) is 19.2 Å². The molecule has 0 bridgehead atoms. The Morgan fingerprint density at radius 2 is 1.74 bits per heavy atom. The molecule has 0 spiro atoms. The van der Waals surface area contributed by atoms with Gasteiger partial charge in [0.25, 0.3) is 11.5 Å². The summed E-state index contributed by atoms with van der Waals surface area (Å²) in [5, 5.41) is 19.5. The highest BCUT2D eigenvalue weighted by Gasteiger charge is 2.15. The molecular formula is C24H28N8O6. The normalized spacial score (nSPS) is 11.4. The zero-order valence-corrected chi connectivity index (χ0v) is 20.4. The maximum Gasteiger partial charge on any atom is 0.278 e. The highest BCUT2D eigenvalue weighted by atomic mass is 16.3. The number of carbonyl (C=O) groups is 4. The van der Waals surface area contributed by atoms with E-state index in [1.54, 1.807) is 24.3 Å². The number of fused-ring (bicyclic) bond motifs is 1. The quantitative estimate of drug-likeness (QED) is 0.112. The lowest BCUT2D eigenvalue weighted by atomic mass is 10.1. The van der Waals surface area contributed by atoms with Crippen LogP contribution in [0.1, 0.15) is 35.3 Å². The van der Waals surface area contributed by atoms with Crippen molar-refractivity contribution in [2.45, 2.75) is 31.8 Å². The summed E-state index contributed by atoms with van der Waals surface area (Å²) >= 11 is 0. The Morgan fingerprint density at radius 1 is 1.03 bits per heavy atom. The number of nitrogens with one attached hydrogen (secondary N) is 5. The maximum atomic E-state index is 12.5. The molecule has 3 rings (SSSR count). The molecule has 0 radical (unpaired) electrons. The standard InChI is InChI=1S/C24H28N8O6/c33-10-7-20(36)26-9-8-25-19(35)6-5-17(13-34)32-23(37)15-1-3-16(4-2-15)27-11-18-12-28-22-21(31-18)24(38)30-14-29-22/h1-4,12-14,17,27,33H,5-11H2,(H,25,35)(H,26,36)(H,32,37)(H,28,29,30,38). The van der Waals surface area contributed by atoms with Gasteiger partial charge in [-0.1, -0.05) is 0 Å². The fraction of sp³-hybridized carbons (Fsp3) is 0.333. The van der Waals surface area contributed by atoms with Gasteiger partial charge in [0.15, 0.2) is 11.2 Å². The van der Waals surface area contributed by atoms with E-state index in [-0.39, 0.29) is 74.0 Å². The molecule has 200 valence electrons. The van der Waals surface area contributed by atoms with Gasteiger partial charge in [0.05, 0.1) is 37.4 Å². The first-order valence-corrected chi connectivity index (χ1v) is 11.8. The second-order valence-corrected chi connectivity index (χ2v) is 8.12. The molecule has 1 unspecified atom stereocenters. The highest BCUT2D eigenvalue weighted by Crippen LogP contribution is 2.12. The third kappa shape index (κ3) is 8.44. The van der Waals surface area contributed by atoms with Crippen LogP contribution in [0.15, 0.2) is 41.6 Å². The third-order valence-corrected chi connectivity index (χ3v) is 5.29. The molecule has 0 saturated carbocycles. The largest absolute Gasteiger partial charge is 0.396 e. The predicted molar refractivity (Wildman–Crippen MR) is 136 cm³/mol. The number of nitrogens with zero attached hydrogens (tertiary/aromatic N) is 3. The molecule has 3 aromatic rings. The Hall–Kier alpha value is -4.72. The Kier molecular flexibility index (Phi) is 10.4. The lowest BCUT2D eigenvalue weighted by Gasteiger charge is -2.13. The maximum absolute atomic E-state index is 12.5. The zero-order chi connectivity index (χ0) is 27.3. The van der Waals surface area contributed by atoms with Crippen molar-refractivity contribution in [3.8, 4) is 0 Å². The number of rotatable bonds is 14. The fourth-order valence-electron chi connectivity index (χ4n) is 3.30. The first-order valence-electron chi connectivity index (χ1n) is 11.8. The molecule has 0 fully saturated rings. The average Bonchev–Trinajstić information content (AvgIpc) is 2.93. The van der Waals surface area contributed by atoms with Crippen LogP contribution in [-0.4, -0.2) is 74.8 Å². The summed E-state index contributed by atoms with van der Waals surface area (Å²) in [7, 11) is 0. The molecule has 2 aromatic heterocycles. The highest BCUT2D eigenvalue weighted by molar-refractivity contribution is 5.96. The number of aromatic nitrogens is 4. The monoisotopic (exact) mass is 524 g/mol. The van der Waals surface area contributed by atoms with Gasteiger partial charge < -0.3 is 36.2 Å². The molecule has 38 heavy (non-hydrogen) atoms. The van der Waals surface area contributed by atoms with Crippen LogP contribution in [0.4, 0.5) is 5.69 Å². The first-order chi connectivity index (χ1) is 18.4. The van der Waals surface area contributed by atoms with E-state index in [0.29, 0.717) is 23.2 Å². The summed E-state index contributed by atoms with van der Waals surface area (Å²) in [4.78, 5) is 73.7. The van der Waals surface area contributed by atoms with E-state index in [9.17, 15) is 24.0 Å². The SMILES string of the molecule is O=CC(CCC(=O)NCCNC(=O)CCO)NC(=O)c1ccc(NCc2cnc3nc[nH]c(=O)c3n2)cc1. The minimum atomic E-state index is -0.848. The predicted octanol–water partition coefficient (Wildman–Crippen LogP) is -0.982. The van der Waals surface area contributed by atoms with Gasteiger partial charge in [-0.2, -0.15) is 0 Å². The Morgan fingerprint density at radius 3 is 2.42 bits per heavy atom. The summed E-state index contributed by atoms with van der Waals surface area (Å²) in [6.45, 7) is 0.461. The molecule has 14 nitrogen and oxygen atoms in total. The van der Waals surface area contributed by atoms with Crippen LogP contribution in [0.3, 0.4) is 0 Å². The third-order valence-electron chi connectivity index (χ3n) is 5.29. The van der Waals surface area contributed by atoms with Crippen LogP contribution in [0, 0.1) is 0 Å².